The van der Waals surface area contributed by atoms with Gasteiger partial charge < -0.3 is 14.8 Å². The van der Waals surface area contributed by atoms with Crippen LogP contribution in [0.2, 0.25) is 0 Å². The minimum Gasteiger partial charge on any atom is -0.480 e. The van der Waals surface area contributed by atoms with Gasteiger partial charge in [-0.2, -0.15) is 0 Å². The standard InChI is InChI=1S/C9H11NO4/c1-5-3-4-7(14-5)8(11)10-6(2)9(12)13/h3-4,6H,1-2H3,(H,10,11)(H,12,13)/t6-/m1/s1. The molecule has 0 aliphatic heterocycles. The van der Waals surface area contributed by atoms with Crippen molar-refractivity contribution in [3.8, 4) is 0 Å². The van der Waals surface area contributed by atoms with Crippen LogP contribution in [0.4, 0.5) is 0 Å². The van der Waals surface area contributed by atoms with E-state index in [1.54, 1.807) is 13.0 Å². The highest BCUT2D eigenvalue weighted by atomic mass is 16.4. The van der Waals surface area contributed by atoms with E-state index in [1.807, 2.05) is 0 Å². The molecule has 0 bridgehead atoms. The van der Waals surface area contributed by atoms with E-state index < -0.39 is 17.9 Å². The number of carboxylic acid groups (broad SMARTS) is 1. The van der Waals surface area contributed by atoms with Crippen LogP contribution in [0.3, 0.4) is 0 Å². The van der Waals surface area contributed by atoms with E-state index in [1.165, 1.54) is 13.0 Å². The third kappa shape index (κ3) is 2.35. The molecular weight excluding hydrogens is 186 g/mol. The lowest BCUT2D eigenvalue weighted by Gasteiger charge is -2.06. The summed E-state index contributed by atoms with van der Waals surface area (Å²) in [6.45, 7) is 3.09. The number of aryl methyl sites for hydroxylation is 1. The van der Waals surface area contributed by atoms with E-state index in [0.717, 1.165) is 0 Å². The van der Waals surface area contributed by atoms with Gasteiger partial charge in [0.05, 0.1) is 0 Å². The van der Waals surface area contributed by atoms with Crippen molar-refractivity contribution < 1.29 is 19.1 Å². The monoisotopic (exact) mass is 197 g/mol. The van der Waals surface area contributed by atoms with Crippen molar-refractivity contribution in [2.24, 2.45) is 0 Å². The number of carboxylic acids is 1. The predicted molar refractivity (Wildman–Crippen MR) is 48.0 cm³/mol. The Morgan fingerprint density at radius 2 is 2.14 bits per heavy atom. The number of aliphatic carboxylic acids is 1. The summed E-state index contributed by atoms with van der Waals surface area (Å²) in [7, 11) is 0. The predicted octanol–water partition coefficient (Wildman–Crippen LogP) is 0.791. The summed E-state index contributed by atoms with van der Waals surface area (Å²) in [6.07, 6.45) is 0. The molecule has 1 atom stereocenters. The van der Waals surface area contributed by atoms with E-state index in [2.05, 4.69) is 5.32 Å². The van der Waals surface area contributed by atoms with Gasteiger partial charge in [-0.05, 0) is 26.0 Å². The van der Waals surface area contributed by atoms with Crippen molar-refractivity contribution in [3.05, 3.63) is 23.7 Å². The summed E-state index contributed by atoms with van der Waals surface area (Å²) in [5.41, 5.74) is 0. The second-order valence-electron chi connectivity index (χ2n) is 2.94. The highest BCUT2D eigenvalue weighted by molar-refractivity contribution is 5.94. The lowest BCUT2D eigenvalue weighted by atomic mass is 10.3. The summed E-state index contributed by atoms with van der Waals surface area (Å²) < 4.78 is 5.02. The Labute approximate surface area is 80.7 Å². The van der Waals surface area contributed by atoms with Gasteiger partial charge in [-0.3, -0.25) is 9.59 Å². The molecule has 0 saturated heterocycles. The molecular formula is C9H11NO4. The Hall–Kier alpha value is -1.78. The Bertz CT molecular complexity index is 355. The van der Waals surface area contributed by atoms with Crippen LogP contribution < -0.4 is 5.32 Å². The fourth-order valence-electron chi connectivity index (χ4n) is 0.886. The molecule has 0 saturated carbocycles. The summed E-state index contributed by atoms with van der Waals surface area (Å²) in [6, 6.07) is 2.22. The summed E-state index contributed by atoms with van der Waals surface area (Å²) >= 11 is 0. The largest absolute Gasteiger partial charge is 0.480 e. The molecule has 1 rings (SSSR count). The first-order chi connectivity index (χ1) is 6.50. The van der Waals surface area contributed by atoms with Gasteiger partial charge in [0, 0.05) is 0 Å². The number of hydrogen-bond acceptors (Lipinski definition) is 3. The average molecular weight is 197 g/mol. The number of rotatable bonds is 3. The zero-order chi connectivity index (χ0) is 10.7. The number of carbonyl (C=O) groups is 2. The second kappa shape index (κ2) is 3.95. The van der Waals surface area contributed by atoms with Crippen LogP contribution in [-0.2, 0) is 4.79 Å². The Kier molecular flexibility index (Phi) is 2.91. The first-order valence-corrected chi connectivity index (χ1v) is 4.11. The first-order valence-electron chi connectivity index (χ1n) is 4.11. The second-order valence-corrected chi connectivity index (χ2v) is 2.94. The van der Waals surface area contributed by atoms with Gasteiger partial charge in [0.15, 0.2) is 5.76 Å². The molecule has 1 heterocycles. The van der Waals surface area contributed by atoms with Gasteiger partial charge in [-0.25, -0.2) is 0 Å². The molecule has 0 fully saturated rings. The van der Waals surface area contributed by atoms with E-state index in [4.69, 9.17) is 9.52 Å². The van der Waals surface area contributed by atoms with Crippen LogP contribution in [0.5, 0.6) is 0 Å². The van der Waals surface area contributed by atoms with Crippen molar-refractivity contribution in [1.82, 2.24) is 5.32 Å². The summed E-state index contributed by atoms with van der Waals surface area (Å²) in [5, 5.41) is 10.8. The van der Waals surface area contributed by atoms with Gasteiger partial charge in [0.2, 0.25) is 0 Å². The molecule has 0 aliphatic carbocycles. The van der Waals surface area contributed by atoms with E-state index in [-0.39, 0.29) is 5.76 Å². The third-order valence-corrected chi connectivity index (χ3v) is 1.68. The highest BCUT2D eigenvalue weighted by Crippen LogP contribution is 2.05. The van der Waals surface area contributed by atoms with Crippen molar-refractivity contribution in [2.45, 2.75) is 19.9 Å². The Balaban J connectivity index is 2.63. The number of hydrogen-bond donors (Lipinski definition) is 2. The normalized spacial score (nSPS) is 12.1. The van der Waals surface area contributed by atoms with E-state index >= 15 is 0 Å². The molecule has 14 heavy (non-hydrogen) atoms. The van der Waals surface area contributed by atoms with Gasteiger partial charge in [0.1, 0.15) is 11.8 Å². The van der Waals surface area contributed by atoms with Crippen molar-refractivity contribution in [2.75, 3.05) is 0 Å². The summed E-state index contributed by atoms with van der Waals surface area (Å²) in [4.78, 5) is 21.7. The molecule has 0 aromatic carbocycles. The fourth-order valence-corrected chi connectivity index (χ4v) is 0.886. The molecule has 0 radical (unpaired) electrons. The van der Waals surface area contributed by atoms with Crippen LogP contribution in [0.1, 0.15) is 23.2 Å². The van der Waals surface area contributed by atoms with Crippen LogP contribution >= 0.6 is 0 Å². The maximum absolute atomic E-state index is 11.3. The molecule has 0 unspecified atom stereocenters. The lowest BCUT2D eigenvalue weighted by Crippen LogP contribution is -2.38. The van der Waals surface area contributed by atoms with Crippen LogP contribution in [-0.4, -0.2) is 23.0 Å². The van der Waals surface area contributed by atoms with Gasteiger partial charge in [-0.15, -0.1) is 0 Å². The Morgan fingerprint density at radius 3 is 2.57 bits per heavy atom. The molecule has 2 N–H and O–H groups in total. The van der Waals surface area contributed by atoms with Crippen molar-refractivity contribution in [1.29, 1.82) is 0 Å². The van der Waals surface area contributed by atoms with Crippen LogP contribution in [0.15, 0.2) is 16.5 Å². The summed E-state index contributed by atoms with van der Waals surface area (Å²) in [5.74, 6) is -0.872. The highest BCUT2D eigenvalue weighted by Gasteiger charge is 2.17. The zero-order valence-corrected chi connectivity index (χ0v) is 7.90. The number of carbonyl (C=O) groups excluding carboxylic acids is 1. The quantitative estimate of drug-likeness (QED) is 0.750. The number of amides is 1. The zero-order valence-electron chi connectivity index (χ0n) is 7.90. The molecule has 1 amide bonds. The molecule has 0 spiro atoms. The van der Waals surface area contributed by atoms with Gasteiger partial charge in [0.25, 0.3) is 5.91 Å². The molecule has 1 aromatic rings. The van der Waals surface area contributed by atoms with E-state index in [0.29, 0.717) is 5.76 Å². The smallest absolute Gasteiger partial charge is 0.325 e. The topological polar surface area (TPSA) is 79.5 Å². The number of furan rings is 1. The maximum Gasteiger partial charge on any atom is 0.325 e. The third-order valence-electron chi connectivity index (χ3n) is 1.68. The van der Waals surface area contributed by atoms with E-state index in [9.17, 15) is 9.59 Å². The molecule has 5 heteroatoms. The SMILES string of the molecule is Cc1ccc(C(=O)N[C@H](C)C(=O)O)o1. The average Bonchev–Trinajstić information content (AvgIpc) is 2.51. The number of nitrogens with one attached hydrogen (secondary N) is 1. The van der Waals surface area contributed by atoms with Crippen molar-refractivity contribution >= 4 is 11.9 Å². The molecule has 0 aliphatic rings. The maximum atomic E-state index is 11.3. The fraction of sp³-hybridized carbons (Fsp3) is 0.333. The lowest BCUT2D eigenvalue weighted by molar-refractivity contribution is -0.138. The van der Waals surface area contributed by atoms with Gasteiger partial charge in [-0.1, -0.05) is 0 Å². The van der Waals surface area contributed by atoms with Gasteiger partial charge >= 0.3 is 5.97 Å². The molecule has 1 aromatic heterocycles. The minimum absolute atomic E-state index is 0.121. The molecule has 76 valence electrons. The van der Waals surface area contributed by atoms with Crippen LogP contribution in [0, 0.1) is 6.92 Å². The van der Waals surface area contributed by atoms with Crippen LogP contribution in [0.25, 0.3) is 0 Å². The molecule has 5 nitrogen and oxygen atoms in total. The van der Waals surface area contributed by atoms with Crippen molar-refractivity contribution in [3.63, 3.8) is 0 Å². The minimum atomic E-state index is -1.08. The first kappa shape index (κ1) is 10.3. The Morgan fingerprint density at radius 1 is 1.50 bits per heavy atom.